The highest BCUT2D eigenvalue weighted by Crippen LogP contribution is 2.28. The van der Waals surface area contributed by atoms with E-state index in [1.807, 2.05) is 42.6 Å². The zero-order valence-electron chi connectivity index (χ0n) is 11.7. The van der Waals surface area contributed by atoms with Gasteiger partial charge in [0.2, 0.25) is 0 Å². The maximum absolute atomic E-state index is 9.53. The molecule has 0 aliphatic carbocycles. The summed E-state index contributed by atoms with van der Waals surface area (Å²) in [6.07, 6.45) is 1.82. The van der Waals surface area contributed by atoms with Gasteiger partial charge in [0, 0.05) is 48.6 Å². The standard InChI is InChI=1S/C16H18ClN3O/c17-14-4-3-5-15(13(14)12-21)19-8-10-20(11-9-19)16-6-1-2-7-18-16/h1-7,21H,8-12H2. The number of aromatic nitrogens is 1. The lowest BCUT2D eigenvalue weighted by Crippen LogP contribution is -2.47. The molecule has 5 heteroatoms. The summed E-state index contributed by atoms with van der Waals surface area (Å²) in [5.41, 5.74) is 1.84. The third-order valence-electron chi connectivity index (χ3n) is 3.85. The summed E-state index contributed by atoms with van der Waals surface area (Å²) in [6, 6.07) is 11.7. The van der Waals surface area contributed by atoms with Gasteiger partial charge in [-0.2, -0.15) is 0 Å². The largest absolute Gasteiger partial charge is 0.392 e. The van der Waals surface area contributed by atoms with Crippen molar-refractivity contribution in [1.29, 1.82) is 0 Å². The van der Waals surface area contributed by atoms with Crippen molar-refractivity contribution in [1.82, 2.24) is 4.98 Å². The molecular weight excluding hydrogens is 286 g/mol. The van der Waals surface area contributed by atoms with Gasteiger partial charge in [-0.05, 0) is 24.3 Å². The highest BCUT2D eigenvalue weighted by Gasteiger charge is 2.20. The predicted molar refractivity (Wildman–Crippen MR) is 86.0 cm³/mol. The average molecular weight is 304 g/mol. The van der Waals surface area contributed by atoms with Crippen molar-refractivity contribution < 1.29 is 5.11 Å². The number of hydrogen-bond acceptors (Lipinski definition) is 4. The Labute approximate surface area is 129 Å². The normalized spacial score (nSPS) is 15.3. The lowest BCUT2D eigenvalue weighted by molar-refractivity contribution is 0.282. The molecule has 1 aliphatic heterocycles. The number of anilines is 2. The van der Waals surface area contributed by atoms with Gasteiger partial charge in [0.15, 0.2) is 0 Å². The van der Waals surface area contributed by atoms with E-state index in [0.29, 0.717) is 5.02 Å². The molecule has 0 unspecified atom stereocenters. The highest BCUT2D eigenvalue weighted by molar-refractivity contribution is 6.31. The second kappa shape index (κ2) is 6.33. The van der Waals surface area contributed by atoms with Crippen LogP contribution in [-0.4, -0.2) is 36.3 Å². The number of hydrogen-bond donors (Lipinski definition) is 1. The Bertz CT molecular complexity index is 598. The van der Waals surface area contributed by atoms with E-state index in [0.717, 1.165) is 43.2 Å². The fourth-order valence-electron chi connectivity index (χ4n) is 2.72. The fourth-order valence-corrected chi connectivity index (χ4v) is 2.95. The maximum Gasteiger partial charge on any atom is 0.128 e. The van der Waals surface area contributed by atoms with Crippen LogP contribution in [0.25, 0.3) is 0 Å². The molecule has 0 amide bonds. The van der Waals surface area contributed by atoms with E-state index >= 15 is 0 Å². The fraction of sp³-hybridized carbons (Fsp3) is 0.312. The minimum absolute atomic E-state index is 0.0323. The van der Waals surface area contributed by atoms with Gasteiger partial charge >= 0.3 is 0 Å². The van der Waals surface area contributed by atoms with E-state index in [-0.39, 0.29) is 6.61 Å². The first-order chi connectivity index (χ1) is 10.3. The smallest absolute Gasteiger partial charge is 0.128 e. The quantitative estimate of drug-likeness (QED) is 0.946. The number of rotatable bonds is 3. The van der Waals surface area contributed by atoms with E-state index < -0.39 is 0 Å². The number of piperazine rings is 1. The van der Waals surface area contributed by atoms with Crippen molar-refractivity contribution in [3.8, 4) is 0 Å². The van der Waals surface area contributed by atoms with Crippen LogP contribution in [0.2, 0.25) is 5.02 Å². The van der Waals surface area contributed by atoms with E-state index in [1.165, 1.54) is 0 Å². The second-order valence-electron chi connectivity index (χ2n) is 5.06. The van der Waals surface area contributed by atoms with E-state index in [4.69, 9.17) is 11.6 Å². The van der Waals surface area contributed by atoms with Crippen LogP contribution in [0.15, 0.2) is 42.6 Å². The minimum Gasteiger partial charge on any atom is -0.392 e. The van der Waals surface area contributed by atoms with Gasteiger partial charge in [-0.15, -0.1) is 0 Å². The molecule has 1 N–H and O–H groups in total. The van der Waals surface area contributed by atoms with Gasteiger partial charge in [-0.1, -0.05) is 23.7 Å². The van der Waals surface area contributed by atoms with E-state index in [1.54, 1.807) is 0 Å². The summed E-state index contributed by atoms with van der Waals surface area (Å²) in [5, 5.41) is 10.2. The molecule has 0 radical (unpaired) electrons. The van der Waals surface area contributed by atoms with Gasteiger partial charge in [-0.25, -0.2) is 4.98 Å². The minimum atomic E-state index is -0.0323. The lowest BCUT2D eigenvalue weighted by atomic mass is 10.1. The molecule has 110 valence electrons. The summed E-state index contributed by atoms with van der Waals surface area (Å²) >= 11 is 6.17. The average Bonchev–Trinajstić information content (AvgIpc) is 2.55. The molecular formula is C16H18ClN3O. The van der Waals surface area contributed by atoms with Gasteiger partial charge in [0.25, 0.3) is 0 Å². The van der Waals surface area contributed by atoms with Crippen LogP contribution < -0.4 is 9.80 Å². The maximum atomic E-state index is 9.53. The SMILES string of the molecule is OCc1c(Cl)cccc1N1CCN(c2ccccn2)CC1. The third kappa shape index (κ3) is 2.96. The predicted octanol–water partition coefficient (Wildman–Crippen LogP) is 2.55. The van der Waals surface area contributed by atoms with Gasteiger partial charge in [-0.3, -0.25) is 0 Å². The number of aliphatic hydroxyl groups excluding tert-OH is 1. The highest BCUT2D eigenvalue weighted by atomic mass is 35.5. The first kappa shape index (κ1) is 14.2. The number of halogens is 1. The first-order valence-corrected chi connectivity index (χ1v) is 7.46. The van der Waals surface area contributed by atoms with Crippen LogP contribution in [0, 0.1) is 0 Å². The molecule has 1 aromatic carbocycles. The molecule has 3 rings (SSSR count). The van der Waals surface area contributed by atoms with Gasteiger partial charge < -0.3 is 14.9 Å². The van der Waals surface area contributed by atoms with Crippen LogP contribution in [0.3, 0.4) is 0 Å². The molecule has 0 spiro atoms. The molecule has 1 aliphatic rings. The molecule has 0 saturated carbocycles. The number of benzene rings is 1. The summed E-state index contributed by atoms with van der Waals surface area (Å²) < 4.78 is 0. The Hall–Kier alpha value is -1.78. The molecule has 21 heavy (non-hydrogen) atoms. The summed E-state index contributed by atoms with van der Waals surface area (Å²) in [6.45, 7) is 3.58. The van der Waals surface area contributed by atoms with Gasteiger partial charge in [0.1, 0.15) is 5.82 Å². The van der Waals surface area contributed by atoms with Crippen molar-refractivity contribution in [2.24, 2.45) is 0 Å². The van der Waals surface area contributed by atoms with Crippen molar-refractivity contribution in [3.63, 3.8) is 0 Å². The Morgan fingerprint density at radius 2 is 1.76 bits per heavy atom. The molecule has 2 aromatic rings. The van der Waals surface area contributed by atoms with E-state index in [9.17, 15) is 5.11 Å². The van der Waals surface area contributed by atoms with Crippen LogP contribution in [0.4, 0.5) is 11.5 Å². The van der Waals surface area contributed by atoms with Gasteiger partial charge in [0.05, 0.1) is 6.61 Å². The van der Waals surface area contributed by atoms with Crippen LogP contribution in [-0.2, 0) is 6.61 Å². The molecule has 1 saturated heterocycles. The van der Waals surface area contributed by atoms with Crippen LogP contribution >= 0.6 is 11.6 Å². The molecule has 0 bridgehead atoms. The monoisotopic (exact) mass is 303 g/mol. The zero-order valence-corrected chi connectivity index (χ0v) is 12.5. The molecule has 1 fully saturated rings. The Balaban J connectivity index is 1.73. The lowest BCUT2D eigenvalue weighted by Gasteiger charge is -2.37. The van der Waals surface area contributed by atoms with Crippen molar-refractivity contribution in [3.05, 3.63) is 53.2 Å². The summed E-state index contributed by atoms with van der Waals surface area (Å²) in [5.74, 6) is 1.02. The Kier molecular flexibility index (Phi) is 4.27. The Morgan fingerprint density at radius 3 is 2.43 bits per heavy atom. The number of pyridine rings is 1. The Morgan fingerprint density at radius 1 is 1.00 bits per heavy atom. The molecule has 2 heterocycles. The topological polar surface area (TPSA) is 39.6 Å². The molecule has 4 nitrogen and oxygen atoms in total. The van der Waals surface area contributed by atoms with Crippen molar-refractivity contribution in [2.75, 3.05) is 36.0 Å². The zero-order chi connectivity index (χ0) is 14.7. The molecule has 0 atom stereocenters. The summed E-state index contributed by atoms with van der Waals surface area (Å²) in [4.78, 5) is 8.95. The summed E-state index contributed by atoms with van der Waals surface area (Å²) in [7, 11) is 0. The molecule has 1 aromatic heterocycles. The number of aliphatic hydroxyl groups is 1. The second-order valence-corrected chi connectivity index (χ2v) is 5.46. The van der Waals surface area contributed by atoms with Crippen molar-refractivity contribution >= 4 is 23.1 Å². The van der Waals surface area contributed by atoms with Crippen LogP contribution in [0.5, 0.6) is 0 Å². The third-order valence-corrected chi connectivity index (χ3v) is 4.20. The van der Waals surface area contributed by atoms with E-state index in [2.05, 4.69) is 14.8 Å². The van der Waals surface area contributed by atoms with Crippen LogP contribution in [0.1, 0.15) is 5.56 Å². The first-order valence-electron chi connectivity index (χ1n) is 7.09. The number of nitrogens with zero attached hydrogens (tertiary/aromatic N) is 3. The van der Waals surface area contributed by atoms with Crippen molar-refractivity contribution in [2.45, 2.75) is 6.61 Å².